The Balaban J connectivity index is 2.46. The summed E-state index contributed by atoms with van der Waals surface area (Å²) in [6.07, 6.45) is 1.86. The average molecular weight is 306 g/mol. The van der Waals surface area contributed by atoms with Crippen molar-refractivity contribution in [3.63, 3.8) is 0 Å². The summed E-state index contributed by atoms with van der Waals surface area (Å²) in [7, 11) is 0. The van der Waals surface area contributed by atoms with Gasteiger partial charge in [-0.15, -0.1) is 0 Å². The van der Waals surface area contributed by atoms with Gasteiger partial charge in [0.05, 0.1) is 10.2 Å². The fraction of sp³-hybridized carbons (Fsp3) is 0.286. The Labute approximate surface area is 116 Å². The summed E-state index contributed by atoms with van der Waals surface area (Å²) in [5.41, 5.74) is 9.14. The van der Waals surface area contributed by atoms with Crippen molar-refractivity contribution in [3.05, 3.63) is 40.0 Å². The highest BCUT2D eigenvalue weighted by molar-refractivity contribution is 9.10. The van der Waals surface area contributed by atoms with E-state index >= 15 is 0 Å². The fourth-order valence-corrected chi connectivity index (χ4v) is 2.22. The lowest BCUT2D eigenvalue weighted by Crippen LogP contribution is -2.02. The molecule has 0 saturated heterocycles. The molecule has 0 aliphatic rings. The van der Waals surface area contributed by atoms with E-state index in [1.165, 1.54) is 5.56 Å². The van der Waals surface area contributed by atoms with Gasteiger partial charge in [-0.2, -0.15) is 0 Å². The molecule has 4 heteroatoms. The molecular formula is C14H16BrN3. The van der Waals surface area contributed by atoms with Crippen molar-refractivity contribution in [3.8, 4) is 11.4 Å². The van der Waals surface area contributed by atoms with E-state index in [9.17, 15) is 0 Å². The first-order valence-corrected chi connectivity index (χ1v) is 6.86. The van der Waals surface area contributed by atoms with Crippen molar-refractivity contribution in [1.82, 2.24) is 9.97 Å². The summed E-state index contributed by atoms with van der Waals surface area (Å²) in [6.45, 7) is 4.19. The lowest BCUT2D eigenvalue weighted by Gasteiger charge is -2.08. The maximum atomic E-state index is 5.89. The standard InChI is InChI=1S/C14H16BrN3/c1-3-9-5-7-10(8-6-9)14-17-11(4-2)12(15)13(16)18-14/h5-8H,3-4H2,1-2H3,(H2,16,17,18). The molecule has 1 heterocycles. The molecule has 2 N–H and O–H groups in total. The van der Waals surface area contributed by atoms with Gasteiger partial charge in [0.1, 0.15) is 5.82 Å². The summed E-state index contributed by atoms with van der Waals surface area (Å²) in [5.74, 6) is 1.19. The van der Waals surface area contributed by atoms with Crippen LogP contribution >= 0.6 is 15.9 Å². The fourth-order valence-electron chi connectivity index (χ4n) is 1.77. The highest BCUT2D eigenvalue weighted by Crippen LogP contribution is 2.25. The smallest absolute Gasteiger partial charge is 0.161 e. The Morgan fingerprint density at radius 2 is 1.72 bits per heavy atom. The molecule has 0 amide bonds. The first-order valence-electron chi connectivity index (χ1n) is 6.06. The molecule has 0 bridgehead atoms. The van der Waals surface area contributed by atoms with Gasteiger partial charge < -0.3 is 5.73 Å². The average Bonchev–Trinajstić information content (AvgIpc) is 2.42. The number of hydrogen-bond donors (Lipinski definition) is 1. The van der Waals surface area contributed by atoms with Crippen LogP contribution in [0.5, 0.6) is 0 Å². The van der Waals surface area contributed by atoms with Crippen LogP contribution in [0.25, 0.3) is 11.4 Å². The monoisotopic (exact) mass is 305 g/mol. The number of nitrogens with zero attached hydrogens (tertiary/aromatic N) is 2. The highest BCUT2D eigenvalue weighted by Gasteiger charge is 2.09. The number of nitrogen functional groups attached to an aromatic ring is 1. The second kappa shape index (κ2) is 5.48. The molecule has 2 aromatic rings. The molecule has 18 heavy (non-hydrogen) atoms. The summed E-state index contributed by atoms with van der Waals surface area (Å²) in [4.78, 5) is 8.87. The van der Waals surface area contributed by atoms with Crippen molar-refractivity contribution < 1.29 is 0 Å². The molecule has 0 atom stereocenters. The molecule has 0 unspecified atom stereocenters. The van der Waals surface area contributed by atoms with Crippen LogP contribution in [0, 0.1) is 0 Å². The molecule has 0 aliphatic carbocycles. The zero-order valence-corrected chi connectivity index (χ0v) is 12.2. The van der Waals surface area contributed by atoms with Gasteiger partial charge in [0.15, 0.2) is 5.82 Å². The molecule has 0 aliphatic heterocycles. The van der Waals surface area contributed by atoms with E-state index in [-0.39, 0.29) is 0 Å². The van der Waals surface area contributed by atoms with E-state index in [1.807, 2.05) is 12.1 Å². The van der Waals surface area contributed by atoms with Crippen molar-refractivity contribution in [2.45, 2.75) is 26.7 Å². The normalized spacial score (nSPS) is 10.6. The van der Waals surface area contributed by atoms with Crippen LogP contribution in [0.15, 0.2) is 28.7 Å². The van der Waals surface area contributed by atoms with E-state index in [0.717, 1.165) is 28.6 Å². The summed E-state index contributed by atoms with van der Waals surface area (Å²) in [5, 5.41) is 0. The number of aromatic nitrogens is 2. The van der Waals surface area contributed by atoms with E-state index in [0.29, 0.717) is 11.6 Å². The molecule has 94 valence electrons. The van der Waals surface area contributed by atoms with Gasteiger partial charge in [0.2, 0.25) is 0 Å². The molecule has 3 nitrogen and oxygen atoms in total. The van der Waals surface area contributed by atoms with Crippen LogP contribution in [-0.2, 0) is 12.8 Å². The predicted molar refractivity (Wildman–Crippen MR) is 78.3 cm³/mol. The molecule has 1 aromatic heterocycles. The Morgan fingerprint density at radius 3 is 2.28 bits per heavy atom. The van der Waals surface area contributed by atoms with Gasteiger partial charge in [-0.25, -0.2) is 9.97 Å². The zero-order valence-electron chi connectivity index (χ0n) is 10.6. The Morgan fingerprint density at radius 1 is 1.06 bits per heavy atom. The minimum Gasteiger partial charge on any atom is -0.383 e. The van der Waals surface area contributed by atoms with Crippen molar-refractivity contribution in [2.24, 2.45) is 0 Å². The largest absolute Gasteiger partial charge is 0.383 e. The topological polar surface area (TPSA) is 51.8 Å². The lowest BCUT2D eigenvalue weighted by molar-refractivity contribution is 0.995. The number of anilines is 1. The third-order valence-electron chi connectivity index (χ3n) is 2.90. The SMILES string of the molecule is CCc1ccc(-c2nc(N)c(Br)c(CC)n2)cc1. The van der Waals surface area contributed by atoms with Crippen molar-refractivity contribution in [1.29, 1.82) is 0 Å². The molecule has 2 rings (SSSR count). The van der Waals surface area contributed by atoms with Crippen molar-refractivity contribution in [2.75, 3.05) is 5.73 Å². The van der Waals surface area contributed by atoms with E-state index in [2.05, 4.69) is 51.9 Å². The third-order valence-corrected chi connectivity index (χ3v) is 3.76. The number of halogens is 1. The molecule has 0 radical (unpaired) electrons. The molecule has 0 spiro atoms. The first kappa shape index (κ1) is 13.0. The number of hydrogen-bond acceptors (Lipinski definition) is 3. The van der Waals surface area contributed by atoms with Crippen LogP contribution in [0.3, 0.4) is 0 Å². The quantitative estimate of drug-likeness (QED) is 0.942. The second-order valence-corrected chi connectivity index (χ2v) is 4.89. The van der Waals surface area contributed by atoms with Crippen LogP contribution in [0.4, 0.5) is 5.82 Å². The third kappa shape index (κ3) is 2.53. The van der Waals surface area contributed by atoms with E-state index < -0.39 is 0 Å². The number of rotatable bonds is 3. The Kier molecular flexibility index (Phi) is 3.97. The summed E-state index contributed by atoms with van der Waals surface area (Å²) in [6, 6.07) is 8.28. The molecular weight excluding hydrogens is 290 g/mol. The summed E-state index contributed by atoms with van der Waals surface area (Å²) < 4.78 is 0.805. The second-order valence-electron chi connectivity index (χ2n) is 4.10. The minimum atomic E-state index is 0.497. The number of nitrogens with two attached hydrogens (primary N) is 1. The lowest BCUT2D eigenvalue weighted by atomic mass is 10.1. The van der Waals surface area contributed by atoms with Crippen LogP contribution in [-0.4, -0.2) is 9.97 Å². The number of benzene rings is 1. The van der Waals surface area contributed by atoms with Crippen molar-refractivity contribution >= 4 is 21.7 Å². The van der Waals surface area contributed by atoms with Gasteiger partial charge in [-0.3, -0.25) is 0 Å². The number of aryl methyl sites for hydroxylation is 2. The molecule has 1 aromatic carbocycles. The first-order chi connectivity index (χ1) is 8.65. The zero-order chi connectivity index (χ0) is 13.1. The van der Waals surface area contributed by atoms with Crippen LogP contribution in [0.1, 0.15) is 25.1 Å². The van der Waals surface area contributed by atoms with Gasteiger partial charge in [0.25, 0.3) is 0 Å². The maximum Gasteiger partial charge on any atom is 0.161 e. The van der Waals surface area contributed by atoms with Crippen LogP contribution in [0.2, 0.25) is 0 Å². The molecule has 0 fully saturated rings. The van der Waals surface area contributed by atoms with E-state index in [4.69, 9.17) is 5.73 Å². The van der Waals surface area contributed by atoms with Gasteiger partial charge in [-0.1, -0.05) is 38.1 Å². The maximum absolute atomic E-state index is 5.89. The molecule has 0 saturated carbocycles. The minimum absolute atomic E-state index is 0.497. The van der Waals surface area contributed by atoms with Gasteiger partial charge in [-0.05, 0) is 34.3 Å². The Hall–Kier alpha value is -1.42. The summed E-state index contributed by atoms with van der Waals surface area (Å²) >= 11 is 3.42. The van der Waals surface area contributed by atoms with Gasteiger partial charge >= 0.3 is 0 Å². The van der Waals surface area contributed by atoms with Crippen LogP contribution < -0.4 is 5.73 Å². The van der Waals surface area contributed by atoms with Gasteiger partial charge in [0, 0.05) is 5.56 Å². The highest BCUT2D eigenvalue weighted by atomic mass is 79.9. The Bertz CT molecular complexity index is 550. The van der Waals surface area contributed by atoms with E-state index in [1.54, 1.807) is 0 Å². The predicted octanol–water partition coefficient (Wildman–Crippen LogP) is 3.61.